The summed E-state index contributed by atoms with van der Waals surface area (Å²) in [6, 6.07) is 33.1. The number of benzene rings is 4. The van der Waals surface area contributed by atoms with Crippen LogP contribution in [0.1, 0.15) is 120 Å². The second kappa shape index (κ2) is 14.1. The van der Waals surface area contributed by atoms with E-state index in [4.69, 9.17) is 0 Å². The molecule has 0 amide bonds. The molecule has 0 heterocycles. The third-order valence-corrected chi connectivity index (χ3v) is 21.3. The van der Waals surface area contributed by atoms with Crippen LogP contribution in [-0.2, 0) is 38.5 Å². The van der Waals surface area contributed by atoms with Crippen LogP contribution in [0.15, 0.2) is 118 Å². The molecule has 4 aliphatic carbocycles. The van der Waals surface area contributed by atoms with Crippen molar-refractivity contribution in [2.24, 2.45) is 5.41 Å². The molecule has 3 heteroatoms. The van der Waals surface area contributed by atoms with Crippen LogP contribution < -0.4 is 24.8 Å². The van der Waals surface area contributed by atoms with Crippen molar-refractivity contribution in [2.45, 2.75) is 96.0 Å². The molecule has 0 radical (unpaired) electrons. The second-order valence-electron chi connectivity index (χ2n) is 17.6. The first kappa shape index (κ1) is 38.9. The Morgan fingerprint density at radius 1 is 0.673 bits per heavy atom. The summed E-state index contributed by atoms with van der Waals surface area (Å²) in [5.74, 6) is 0. The third kappa shape index (κ3) is 6.52. The number of hydrogen-bond acceptors (Lipinski definition) is 0. The smallest absolute Gasteiger partial charge is 1.00 e. The fraction of sp³-hybridized carbons (Fsp3) is 0.327. The Balaban J connectivity index is 0.00000232. The van der Waals surface area contributed by atoms with E-state index in [1.807, 2.05) is 0 Å². The normalized spacial score (nSPS) is 18.7. The molecule has 0 saturated heterocycles. The van der Waals surface area contributed by atoms with E-state index in [0.29, 0.717) is 3.63 Å². The van der Waals surface area contributed by atoms with Crippen molar-refractivity contribution in [3.05, 3.63) is 163 Å². The van der Waals surface area contributed by atoms with Gasteiger partial charge in [0, 0.05) is 0 Å². The largest absolute Gasteiger partial charge is 1.00 e. The van der Waals surface area contributed by atoms with Crippen LogP contribution in [0, 0.1) is 5.41 Å². The van der Waals surface area contributed by atoms with Gasteiger partial charge in [0.25, 0.3) is 0 Å². The molecule has 4 aromatic rings. The quantitative estimate of drug-likeness (QED) is 0.184. The summed E-state index contributed by atoms with van der Waals surface area (Å²) in [7, 11) is 0. The van der Waals surface area contributed by atoms with Gasteiger partial charge >= 0.3 is 311 Å². The zero-order valence-corrected chi connectivity index (χ0v) is 36.3. The average Bonchev–Trinajstić information content (AvgIpc) is 3.72. The van der Waals surface area contributed by atoms with Crippen molar-refractivity contribution in [3.8, 4) is 11.1 Å². The second-order valence-corrected chi connectivity index (χ2v) is 24.0. The summed E-state index contributed by atoms with van der Waals surface area (Å²) < 4.78 is 3.85. The van der Waals surface area contributed by atoms with Crippen molar-refractivity contribution >= 4 is 14.4 Å². The maximum atomic E-state index is 2.74. The molecule has 0 aliphatic heterocycles. The van der Waals surface area contributed by atoms with Crippen LogP contribution in [0.2, 0.25) is 3.63 Å². The molecule has 0 nitrogen and oxygen atoms in total. The van der Waals surface area contributed by atoms with Gasteiger partial charge in [-0.2, -0.15) is 0 Å². The third-order valence-electron chi connectivity index (χ3n) is 12.3. The average molecular weight is 803 g/mol. The van der Waals surface area contributed by atoms with Crippen molar-refractivity contribution in [1.29, 1.82) is 0 Å². The maximum absolute atomic E-state index is 2.74. The van der Waals surface area contributed by atoms with E-state index in [1.165, 1.54) is 66.8 Å². The van der Waals surface area contributed by atoms with Crippen LogP contribution >= 0.6 is 0 Å². The fourth-order valence-electron chi connectivity index (χ4n) is 9.26. The number of hydrogen-bond donors (Lipinski definition) is 0. The van der Waals surface area contributed by atoms with Crippen LogP contribution in [0.3, 0.4) is 0 Å². The van der Waals surface area contributed by atoms with Crippen molar-refractivity contribution in [3.63, 3.8) is 0 Å². The van der Waals surface area contributed by atoms with Gasteiger partial charge in [-0.25, -0.2) is 0 Å². The molecule has 0 bridgehead atoms. The van der Waals surface area contributed by atoms with E-state index in [1.54, 1.807) is 12.1 Å². The maximum Gasteiger partial charge on any atom is -1.00 e. The molecule has 0 spiro atoms. The van der Waals surface area contributed by atoms with Gasteiger partial charge in [0.15, 0.2) is 0 Å². The van der Waals surface area contributed by atoms with E-state index < -0.39 is 21.3 Å². The summed E-state index contributed by atoms with van der Waals surface area (Å²) in [4.78, 5) is 0. The van der Waals surface area contributed by atoms with E-state index in [2.05, 4.69) is 172 Å². The predicted molar refractivity (Wildman–Crippen MR) is 213 cm³/mol. The van der Waals surface area contributed by atoms with E-state index in [-0.39, 0.29) is 41.1 Å². The summed E-state index contributed by atoms with van der Waals surface area (Å²) in [6.07, 6.45) is 13.6. The van der Waals surface area contributed by atoms with E-state index >= 15 is 0 Å². The van der Waals surface area contributed by atoms with Gasteiger partial charge in [0.1, 0.15) is 0 Å². The molecule has 0 fully saturated rings. The van der Waals surface area contributed by atoms with Gasteiger partial charge in [-0.3, -0.25) is 0 Å². The van der Waals surface area contributed by atoms with Crippen LogP contribution in [0.4, 0.5) is 0 Å². The number of allylic oxidation sites excluding steroid dienone is 8. The zero-order chi connectivity index (χ0) is 35.2. The molecule has 0 saturated carbocycles. The Hall–Kier alpha value is -2.83. The summed E-state index contributed by atoms with van der Waals surface area (Å²) in [6.45, 7) is 21.8. The summed E-state index contributed by atoms with van der Waals surface area (Å²) in [5, 5.41) is 0. The Bertz CT molecular complexity index is 2170. The molecule has 0 aromatic heterocycles. The van der Waals surface area contributed by atoms with Gasteiger partial charge in [0.05, 0.1) is 0 Å². The number of fused-ring (bicyclic) bond motifs is 5. The first-order chi connectivity index (χ1) is 23.7. The Morgan fingerprint density at radius 2 is 1.21 bits per heavy atom. The van der Waals surface area contributed by atoms with Gasteiger partial charge in [-0.15, -0.1) is 0 Å². The Kier molecular flexibility index (Phi) is 10.5. The number of halogens is 2. The van der Waals surface area contributed by atoms with Crippen LogP contribution in [0.5, 0.6) is 0 Å². The molecule has 1 atom stereocenters. The fourth-order valence-corrected chi connectivity index (χ4v) is 18.9. The van der Waals surface area contributed by atoms with Gasteiger partial charge in [-0.1, -0.05) is 0 Å². The monoisotopic (exact) mass is 800 g/mol. The van der Waals surface area contributed by atoms with E-state index in [0.717, 1.165) is 19.3 Å². The summed E-state index contributed by atoms with van der Waals surface area (Å²) >= 11 is -2.70. The van der Waals surface area contributed by atoms with E-state index in [9.17, 15) is 0 Å². The molecule has 1 unspecified atom stereocenters. The van der Waals surface area contributed by atoms with Gasteiger partial charge in [0.2, 0.25) is 0 Å². The SMILES string of the molecule is CC1=CCC(C)(C)c2cc3c(cc21)-c1cc2c(cc1C3)C(C)(C)[CH]([Zr+2]([C]1=CC(C(C)(C)C)=CC1)=[C](c1ccccc1)c1ccccc1)C=C2C.[Cl-].[Cl-]. The molecular weight excluding hydrogens is 751 g/mol. The molecule has 4 aromatic carbocycles. The van der Waals surface area contributed by atoms with Crippen LogP contribution in [0.25, 0.3) is 22.3 Å². The van der Waals surface area contributed by atoms with Gasteiger partial charge < -0.3 is 24.8 Å². The zero-order valence-electron chi connectivity index (χ0n) is 32.3. The molecule has 8 rings (SSSR count). The molecule has 52 heavy (non-hydrogen) atoms. The Morgan fingerprint density at radius 3 is 1.75 bits per heavy atom. The number of rotatable bonds is 4. The minimum Gasteiger partial charge on any atom is -1.00 e. The van der Waals surface area contributed by atoms with Crippen molar-refractivity contribution in [2.75, 3.05) is 0 Å². The topological polar surface area (TPSA) is 0 Å². The van der Waals surface area contributed by atoms with Crippen LogP contribution in [-0.4, -0.2) is 3.21 Å². The summed E-state index contributed by atoms with van der Waals surface area (Å²) in [5.41, 5.74) is 19.5. The first-order valence-electron chi connectivity index (χ1n) is 18.7. The van der Waals surface area contributed by atoms with Gasteiger partial charge in [-0.05, 0) is 0 Å². The molecule has 4 aliphatic rings. The van der Waals surface area contributed by atoms with Crippen molar-refractivity contribution < 1.29 is 46.1 Å². The molecule has 0 N–H and O–H groups in total. The predicted octanol–water partition coefficient (Wildman–Crippen LogP) is 6.98. The first-order valence-corrected chi connectivity index (χ1v) is 22.6. The standard InChI is InChI=1S/C27H29.C13H10.C9H13.2ClH.Zr/c1-16-7-9-26(3,4)24-12-18-11-19-13-25-21(17(2)8-10-27(25,5)6)15-23(19)22(18)14-20(16)24;1-3-7-12(8-4-1)11-13-9-5-2-6-10-13;1-9(2,3)8-6-4-5-7-8;;;/h7-9,12-15H,10-11H2,1-6H3;1-10H;6-7H,4H2,1-3H3;2*1H;/q;;;;;+2/p-2. The van der Waals surface area contributed by atoms with Crippen molar-refractivity contribution in [1.82, 2.24) is 0 Å². The molecule has 266 valence electrons. The Labute approximate surface area is 333 Å². The minimum absolute atomic E-state index is 0. The minimum atomic E-state index is -2.70. The molecular formula is C49H52Cl2Zr.